The molecule has 0 spiro atoms. The number of anilines is 1. The third-order valence-corrected chi connectivity index (χ3v) is 5.59. The van der Waals surface area contributed by atoms with Gasteiger partial charge in [-0.3, -0.25) is 9.59 Å². The summed E-state index contributed by atoms with van der Waals surface area (Å²) in [5.74, 6) is 0.267. The van der Waals surface area contributed by atoms with Gasteiger partial charge in [0, 0.05) is 31.9 Å². The number of carbonyl (C=O) groups is 2. The summed E-state index contributed by atoms with van der Waals surface area (Å²) >= 11 is 0. The Morgan fingerprint density at radius 1 is 1.12 bits per heavy atom. The minimum Gasteiger partial charge on any atom is -0.481 e. The average Bonchev–Trinajstić information content (AvgIpc) is 2.62. The molecule has 2 saturated heterocycles. The van der Waals surface area contributed by atoms with E-state index in [4.69, 9.17) is 0 Å². The predicted molar refractivity (Wildman–Crippen MR) is 95.7 cm³/mol. The zero-order valence-corrected chi connectivity index (χ0v) is 15.0. The quantitative estimate of drug-likeness (QED) is 0.912. The van der Waals surface area contributed by atoms with Crippen molar-refractivity contribution in [3.05, 3.63) is 23.9 Å². The fourth-order valence-corrected chi connectivity index (χ4v) is 3.69. The number of pyridine rings is 1. The third-order valence-electron chi connectivity index (χ3n) is 5.59. The summed E-state index contributed by atoms with van der Waals surface area (Å²) < 4.78 is 0. The molecule has 2 aliphatic rings. The number of aliphatic carboxylic acids is 1. The molecule has 3 heterocycles. The van der Waals surface area contributed by atoms with Crippen LogP contribution in [0.5, 0.6) is 0 Å². The van der Waals surface area contributed by atoms with Crippen molar-refractivity contribution in [3.63, 3.8) is 0 Å². The van der Waals surface area contributed by atoms with E-state index >= 15 is 0 Å². The van der Waals surface area contributed by atoms with E-state index in [1.54, 1.807) is 11.1 Å². The Hall–Kier alpha value is -2.11. The molecule has 1 aromatic heterocycles. The number of aromatic nitrogens is 1. The first-order chi connectivity index (χ1) is 12.0. The second-order valence-electron chi connectivity index (χ2n) is 7.49. The number of carbonyl (C=O) groups excluding carboxylic acids is 1. The summed E-state index contributed by atoms with van der Waals surface area (Å²) in [7, 11) is 0. The lowest BCUT2D eigenvalue weighted by Crippen LogP contribution is -2.47. The van der Waals surface area contributed by atoms with E-state index in [1.807, 2.05) is 19.1 Å². The van der Waals surface area contributed by atoms with E-state index in [9.17, 15) is 14.7 Å². The summed E-state index contributed by atoms with van der Waals surface area (Å²) in [4.78, 5) is 32.5. The number of piperidine rings is 2. The van der Waals surface area contributed by atoms with E-state index in [1.165, 1.54) is 12.8 Å². The maximum Gasteiger partial charge on any atom is 0.308 e. The van der Waals surface area contributed by atoms with Gasteiger partial charge < -0.3 is 14.9 Å². The number of hydrogen-bond acceptors (Lipinski definition) is 4. The zero-order chi connectivity index (χ0) is 18.0. The second-order valence-corrected chi connectivity index (χ2v) is 7.49. The standard InChI is InChI=1S/C19H27N3O3/c1-13-7-9-21(10-8-13)17-6-5-15(11-20-17)18(23)22-12-16(19(24)25)4-3-14(22)2/h5-6,11,13-14,16H,3-4,7-10,12H2,1-2H3,(H,24,25). The minimum absolute atomic E-state index is 0.0614. The summed E-state index contributed by atoms with van der Waals surface area (Å²) in [6.45, 7) is 6.54. The molecule has 25 heavy (non-hydrogen) atoms. The normalized spacial score (nSPS) is 25.0. The van der Waals surface area contributed by atoms with Crippen LogP contribution < -0.4 is 4.90 Å². The van der Waals surface area contributed by atoms with Crippen molar-refractivity contribution < 1.29 is 14.7 Å². The van der Waals surface area contributed by atoms with Gasteiger partial charge in [0.15, 0.2) is 0 Å². The lowest BCUT2D eigenvalue weighted by molar-refractivity contribution is -0.143. The van der Waals surface area contributed by atoms with E-state index in [-0.39, 0.29) is 18.5 Å². The summed E-state index contributed by atoms with van der Waals surface area (Å²) in [6, 6.07) is 3.79. The van der Waals surface area contributed by atoms with Crippen LogP contribution in [0, 0.1) is 11.8 Å². The van der Waals surface area contributed by atoms with Crippen LogP contribution in [0.25, 0.3) is 0 Å². The molecule has 3 rings (SSSR count). The fourth-order valence-electron chi connectivity index (χ4n) is 3.69. The van der Waals surface area contributed by atoms with Crippen LogP contribution in [-0.2, 0) is 4.79 Å². The molecule has 0 aromatic carbocycles. The number of likely N-dealkylation sites (tertiary alicyclic amines) is 1. The van der Waals surface area contributed by atoms with E-state index in [0.717, 1.165) is 31.2 Å². The fraction of sp³-hybridized carbons (Fsp3) is 0.632. The Kier molecular flexibility index (Phi) is 5.25. The molecule has 1 amide bonds. The van der Waals surface area contributed by atoms with Crippen molar-refractivity contribution in [2.75, 3.05) is 24.5 Å². The molecule has 2 atom stereocenters. The first-order valence-corrected chi connectivity index (χ1v) is 9.20. The van der Waals surface area contributed by atoms with Crippen molar-refractivity contribution in [2.24, 2.45) is 11.8 Å². The molecule has 0 radical (unpaired) electrons. The van der Waals surface area contributed by atoms with Crippen molar-refractivity contribution in [1.29, 1.82) is 0 Å². The van der Waals surface area contributed by atoms with Crippen molar-refractivity contribution >= 4 is 17.7 Å². The van der Waals surface area contributed by atoms with E-state index < -0.39 is 11.9 Å². The summed E-state index contributed by atoms with van der Waals surface area (Å²) in [5, 5.41) is 9.24. The summed E-state index contributed by atoms with van der Waals surface area (Å²) in [5.41, 5.74) is 0.534. The van der Waals surface area contributed by atoms with Crippen molar-refractivity contribution in [2.45, 2.75) is 45.6 Å². The number of carboxylic acid groups (broad SMARTS) is 1. The van der Waals surface area contributed by atoms with Gasteiger partial charge in [-0.1, -0.05) is 6.92 Å². The second kappa shape index (κ2) is 7.42. The molecule has 6 nitrogen and oxygen atoms in total. The maximum absolute atomic E-state index is 12.8. The lowest BCUT2D eigenvalue weighted by atomic mass is 9.93. The highest BCUT2D eigenvalue weighted by Crippen LogP contribution is 2.25. The Balaban J connectivity index is 1.68. The highest BCUT2D eigenvalue weighted by molar-refractivity contribution is 5.94. The van der Waals surface area contributed by atoms with Crippen molar-refractivity contribution in [3.8, 4) is 0 Å². The van der Waals surface area contributed by atoms with E-state index in [2.05, 4.69) is 16.8 Å². The molecule has 6 heteroatoms. The molecule has 2 unspecified atom stereocenters. The molecule has 0 saturated carbocycles. The number of carboxylic acids is 1. The lowest BCUT2D eigenvalue weighted by Gasteiger charge is -2.36. The number of amides is 1. The first kappa shape index (κ1) is 17.7. The van der Waals surface area contributed by atoms with Crippen LogP contribution in [0.2, 0.25) is 0 Å². The maximum atomic E-state index is 12.8. The van der Waals surface area contributed by atoms with Crippen LogP contribution in [-0.4, -0.2) is 52.5 Å². The monoisotopic (exact) mass is 345 g/mol. The molecule has 136 valence electrons. The highest BCUT2D eigenvalue weighted by Gasteiger charge is 2.33. The molecule has 1 N–H and O–H groups in total. The van der Waals surface area contributed by atoms with Gasteiger partial charge in [-0.25, -0.2) is 4.98 Å². The third kappa shape index (κ3) is 3.94. The van der Waals surface area contributed by atoms with Gasteiger partial charge in [0.1, 0.15) is 5.82 Å². The molecular formula is C19H27N3O3. The van der Waals surface area contributed by atoms with Gasteiger partial charge in [0.2, 0.25) is 0 Å². The Bertz CT molecular complexity index is 623. The molecule has 0 aliphatic carbocycles. The van der Waals surface area contributed by atoms with Gasteiger partial charge >= 0.3 is 5.97 Å². The van der Waals surface area contributed by atoms with Crippen LogP contribution in [0.4, 0.5) is 5.82 Å². The molecular weight excluding hydrogens is 318 g/mol. The Morgan fingerprint density at radius 3 is 2.44 bits per heavy atom. The average molecular weight is 345 g/mol. The van der Waals surface area contributed by atoms with Gasteiger partial charge in [-0.05, 0) is 50.7 Å². The molecule has 1 aromatic rings. The van der Waals surface area contributed by atoms with Gasteiger partial charge in [0.05, 0.1) is 11.5 Å². The topological polar surface area (TPSA) is 73.7 Å². The first-order valence-electron chi connectivity index (χ1n) is 9.20. The predicted octanol–water partition coefficient (Wildman–Crippen LogP) is 2.64. The smallest absolute Gasteiger partial charge is 0.308 e. The van der Waals surface area contributed by atoms with Crippen molar-refractivity contribution in [1.82, 2.24) is 9.88 Å². The molecule has 2 fully saturated rings. The zero-order valence-electron chi connectivity index (χ0n) is 15.0. The molecule has 2 aliphatic heterocycles. The van der Waals surface area contributed by atoms with Crippen LogP contribution in [0.3, 0.4) is 0 Å². The number of hydrogen-bond donors (Lipinski definition) is 1. The van der Waals surface area contributed by atoms with Crippen LogP contribution in [0.1, 0.15) is 49.9 Å². The number of nitrogens with zero attached hydrogens (tertiary/aromatic N) is 3. The van der Waals surface area contributed by atoms with Gasteiger partial charge in [0.25, 0.3) is 5.91 Å². The Morgan fingerprint density at radius 2 is 1.84 bits per heavy atom. The highest BCUT2D eigenvalue weighted by atomic mass is 16.4. The van der Waals surface area contributed by atoms with Crippen LogP contribution in [0.15, 0.2) is 18.3 Å². The van der Waals surface area contributed by atoms with Gasteiger partial charge in [-0.2, -0.15) is 0 Å². The molecule has 0 bridgehead atoms. The minimum atomic E-state index is -0.822. The SMILES string of the molecule is CC1CCN(c2ccc(C(=O)N3CC(C(=O)O)CCC3C)cn2)CC1. The Labute approximate surface area is 148 Å². The van der Waals surface area contributed by atoms with Gasteiger partial charge in [-0.15, -0.1) is 0 Å². The van der Waals surface area contributed by atoms with E-state index in [0.29, 0.717) is 12.0 Å². The number of rotatable bonds is 3. The van der Waals surface area contributed by atoms with Crippen LogP contribution >= 0.6 is 0 Å². The largest absolute Gasteiger partial charge is 0.481 e. The summed E-state index contributed by atoms with van der Waals surface area (Å²) in [6.07, 6.45) is 5.33.